The standard InChI is InChI=1S/C15H17N3O/c1-12-16-11-14(15(19)17-9-5-6-10-17)18(12)13-7-3-2-4-8-13/h2-4,7-8,11H,5-6,9-10H2,1H3. The van der Waals surface area contributed by atoms with Crippen molar-refractivity contribution in [3.8, 4) is 5.69 Å². The second-order valence-corrected chi connectivity index (χ2v) is 4.86. The first-order chi connectivity index (χ1) is 9.27. The van der Waals surface area contributed by atoms with Gasteiger partial charge in [0.15, 0.2) is 0 Å². The van der Waals surface area contributed by atoms with Gasteiger partial charge in [-0.1, -0.05) is 18.2 Å². The quantitative estimate of drug-likeness (QED) is 0.826. The monoisotopic (exact) mass is 255 g/mol. The molecule has 0 bridgehead atoms. The Bertz CT molecular complexity index is 583. The summed E-state index contributed by atoms with van der Waals surface area (Å²) in [5, 5.41) is 0. The summed E-state index contributed by atoms with van der Waals surface area (Å²) >= 11 is 0. The highest BCUT2D eigenvalue weighted by molar-refractivity contribution is 5.93. The van der Waals surface area contributed by atoms with Gasteiger partial charge in [0.05, 0.1) is 6.20 Å². The maximum Gasteiger partial charge on any atom is 0.272 e. The lowest BCUT2D eigenvalue weighted by atomic mass is 10.3. The number of carbonyl (C=O) groups excluding carboxylic acids is 1. The second-order valence-electron chi connectivity index (χ2n) is 4.86. The topological polar surface area (TPSA) is 38.1 Å². The van der Waals surface area contributed by atoms with Crippen molar-refractivity contribution in [2.75, 3.05) is 13.1 Å². The Hall–Kier alpha value is -2.10. The molecular weight excluding hydrogens is 238 g/mol. The normalized spacial score (nSPS) is 14.9. The molecule has 1 saturated heterocycles. The van der Waals surface area contributed by atoms with Gasteiger partial charge in [0.2, 0.25) is 0 Å². The van der Waals surface area contributed by atoms with Crippen LogP contribution in [-0.4, -0.2) is 33.4 Å². The highest BCUT2D eigenvalue weighted by Gasteiger charge is 2.23. The Morgan fingerprint density at radius 2 is 1.84 bits per heavy atom. The summed E-state index contributed by atoms with van der Waals surface area (Å²) in [5.74, 6) is 0.927. The molecule has 0 N–H and O–H groups in total. The van der Waals surface area contributed by atoms with Crippen LogP contribution >= 0.6 is 0 Å². The van der Waals surface area contributed by atoms with Gasteiger partial charge in [-0.3, -0.25) is 9.36 Å². The minimum atomic E-state index is 0.0851. The molecule has 1 fully saturated rings. The number of rotatable bonds is 2. The van der Waals surface area contributed by atoms with E-state index in [0.29, 0.717) is 5.69 Å². The molecule has 4 heteroatoms. The fraction of sp³-hybridized carbons (Fsp3) is 0.333. The van der Waals surface area contributed by atoms with Gasteiger partial charge in [-0.25, -0.2) is 4.98 Å². The summed E-state index contributed by atoms with van der Waals surface area (Å²) in [6.45, 7) is 3.64. The molecule has 2 heterocycles. The van der Waals surface area contributed by atoms with Crippen LogP contribution < -0.4 is 0 Å². The third-order valence-electron chi connectivity index (χ3n) is 3.56. The lowest BCUT2D eigenvalue weighted by Crippen LogP contribution is -2.29. The van der Waals surface area contributed by atoms with E-state index in [9.17, 15) is 4.79 Å². The zero-order valence-corrected chi connectivity index (χ0v) is 11.0. The van der Waals surface area contributed by atoms with E-state index in [2.05, 4.69) is 4.98 Å². The lowest BCUT2D eigenvalue weighted by Gasteiger charge is -2.17. The van der Waals surface area contributed by atoms with Crippen molar-refractivity contribution >= 4 is 5.91 Å². The maximum atomic E-state index is 12.5. The van der Waals surface area contributed by atoms with E-state index >= 15 is 0 Å². The van der Waals surface area contributed by atoms with Crippen LogP contribution in [-0.2, 0) is 0 Å². The molecule has 0 spiro atoms. The van der Waals surface area contributed by atoms with Crippen LogP contribution in [0.25, 0.3) is 5.69 Å². The molecule has 1 aromatic heterocycles. The van der Waals surface area contributed by atoms with E-state index in [1.807, 2.05) is 46.7 Å². The fourth-order valence-electron chi connectivity index (χ4n) is 2.58. The molecule has 0 radical (unpaired) electrons. The van der Waals surface area contributed by atoms with Gasteiger partial charge in [-0.2, -0.15) is 0 Å². The summed E-state index contributed by atoms with van der Waals surface area (Å²) in [6, 6.07) is 9.90. The highest BCUT2D eigenvalue weighted by Crippen LogP contribution is 2.18. The molecule has 0 atom stereocenters. The number of aryl methyl sites for hydroxylation is 1. The van der Waals surface area contributed by atoms with Crippen molar-refractivity contribution in [2.24, 2.45) is 0 Å². The molecular formula is C15H17N3O. The number of amides is 1. The zero-order valence-electron chi connectivity index (χ0n) is 11.0. The molecule has 1 aliphatic rings. The van der Waals surface area contributed by atoms with Crippen molar-refractivity contribution in [1.82, 2.24) is 14.5 Å². The number of aromatic nitrogens is 2. The van der Waals surface area contributed by atoms with Gasteiger partial charge in [0, 0.05) is 18.8 Å². The Balaban J connectivity index is 2.01. The molecule has 4 nitrogen and oxygen atoms in total. The Labute approximate surface area is 112 Å². The molecule has 3 rings (SSSR count). The third-order valence-corrected chi connectivity index (χ3v) is 3.56. The first-order valence-corrected chi connectivity index (χ1v) is 6.66. The van der Waals surface area contributed by atoms with Gasteiger partial charge in [0.1, 0.15) is 11.5 Å². The molecule has 0 unspecified atom stereocenters. The van der Waals surface area contributed by atoms with Gasteiger partial charge in [-0.15, -0.1) is 0 Å². The van der Waals surface area contributed by atoms with Crippen molar-refractivity contribution in [1.29, 1.82) is 0 Å². The van der Waals surface area contributed by atoms with E-state index in [0.717, 1.165) is 37.4 Å². The van der Waals surface area contributed by atoms with Crippen LogP contribution in [0.4, 0.5) is 0 Å². The van der Waals surface area contributed by atoms with Crippen LogP contribution in [0, 0.1) is 6.92 Å². The number of nitrogens with zero attached hydrogens (tertiary/aromatic N) is 3. The number of carbonyl (C=O) groups is 1. The van der Waals surface area contributed by atoms with Crippen LogP contribution in [0.3, 0.4) is 0 Å². The van der Waals surface area contributed by atoms with E-state index in [1.54, 1.807) is 6.20 Å². The SMILES string of the molecule is Cc1ncc(C(=O)N2CCCC2)n1-c1ccccc1. The number of hydrogen-bond donors (Lipinski definition) is 0. The molecule has 98 valence electrons. The Morgan fingerprint density at radius 3 is 2.53 bits per heavy atom. The van der Waals surface area contributed by atoms with Crippen molar-refractivity contribution in [3.63, 3.8) is 0 Å². The van der Waals surface area contributed by atoms with Gasteiger partial charge in [-0.05, 0) is 31.9 Å². The van der Waals surface area contributed by atoms with E-state index in [-0.39, 0.29) is 5.91 Å². The second kappa shape index (κ2) is 4.88. The first kappa shape index (κ1) is 12.0. The Morgan fingerprint density at radius 1 is 1.16 bits per heavy atom. The fourth-order valence-corrected chi connectivity index (χ4v) is 2.58. The number of hydrogen-bond acceptors (Lipinski definition) is 2. The molecule has 19 heavy (non-hydrogen) atoms. The predicted molar refractivity (Wildman–Crippen MR) is 73.4 cm³/mol. The van der Waals surface area contributed by atoms with Crippen LogP contribution in [0.1, 0.15) is 29.2 Å². The van der Waals surface area contributed by atoms with Crippen LogP contribution in [0.15, 0.2) is 36.5 Å². The van der Waals surface area contributed by atoms with E-state index < -0.39 is 0 Å². The molecule has 0 aliphatic carbocycles. The van der Waals surface area contributed by atoms with E-state index in [4.69, 9.17) is 0 Å². The lowest BCUT2D eigenvalue weighted by molar-refractivity contribution is 0.0784. The smallest absolute Gasteiger partial charge is 0.272 e. The van der Waals surface area contributed by atoms with Crippen molar-refractivity contribution in [3.05, 3.63) is 48.0 Å². The number of para-hydroxylation sites is 1. The minimum Gasteiger partial charge on any atom is -0.337 e. The highest BCUT2D eigenvalue weighted by atomic mass is 16.2. The first-order valence-electron chi connectivity index (χ1n) is 6.66. The molecule has 1 amide bonds. The Kier molecular flexibility index (Phi) is 3.07. The minimum absolute atomic E-state index is 0.0851. The summed E-state index contributed by atoms with van der Waals surface area (Å²) in [7, 11) is 0. The number of likely N-dealkylation sites (tertiary alicyclic amines) is 1. The molecule has 1 aliphatic heterocycles. The van der Waals surface area contributed by atoms with Gasteiger partial charge >= 0.3 is 0 Å². The zero-order chi connectivity index (χ0) is 13.2. The van der Waals surface area contributed by atoms with Crippen LogP contribution in [0.2, 0.25) is 0 Å². The largest absolute Gasteiger partial charge is 0.337 e. The van der Waals surface area contributed by atoms with Crippen molar-refractivity contribution in [2.45, 2.75) is 19.8 Å². The average Bonchev–Trinajstić information content (AvgIpc) is 3.08. The third kappa shape index (κ3) is 2.14. The van der Waals surface area contributed by atoms with E-state index in [1.165, 1.54) is 0 Å². The predicted octanol–water partition coefficient (Wildman–Crippen LogP) is 2.42. The molecule has 1 aromatic carbocycles. The van der Waals surface area contributed by atoms with Crippen LogP contribution in [0.5, 0.6) is 0 Å². The summed E-state index contributed by atoms with van der Waals surface area (Å²) in [6.07, 6.45) is 3.89. The summed E-state index contributed by atoms with van der Waals surface area (Å²) in [4.78, 5) is 18.7. The molecule has 2 aromatic rings. The van der Waals surface area contributed by atoms with Crippen molar-refractivity contribution < 1.29 is 4.79 Å². The number of benzene rings is 1. The average molecular weight is 255 g/mol. The maximum absolute atomic E-state index is 12.5. The van der Waals surface area contributed by atoms with Gasteiger partial charge in [0.25, 0.3) is 5.91 Å². The summed E-state index contributed by atoms with van der Waals surface area (Å²) in [5.41, 5.74) is 1.64. The number of imidazole rings is 1. The van der Waals surface area contributed by atoms with Gasteiger partial charge < -0.3 is 4.90 Å². The summed E-state index contributed by atoms with van der Waals surface area (Å²) < 4.78 is 1.93. The molecule has 0 saturated carbocycles.